The van der Waals surface area contributed by atoms with Crippen molar-refractivity contribution in [1.29, 1.82) is 0 Å². The summed E-state index contributed by atoms with van der Waals surface area (Å²) < 4.78 is 1.84. The molecule has 3 aromatic carbocycles. The Balaban J connectivity index is 0.996. The van der Waals surface area contributed by atoms with Crippen molar-refractivity contribution in [3.8, 4) is 5.69 Å². The average molecular weight is 563 g/mol. The fraction of sp³-hybridized carbons (Fsp3) is 0.219. The number of piperazine rings is 1. The van der Waals surface area contributed by atoms with Crippen molar-refractivity contribution in [2.45, 2.75) is 18.9 Å². The highest BCUT2D eigenvalue weighted by Gasteiger charge is 2.30. The Kier molecular flexibility index (Phi) is 6.74. The second-order valence-electron chi connectivity index (χ2n) is 10.6. The predicted molar refractivity (Wildman–Crippen MR) is 165 cm³/mol. The van der Waals surface area contributed by atoms with Crippen molar-refractivity contribution in [1.82, 2.24) is 14.7 Å². The van der Waals surface area contributed by atoms with E-state index < -0.39 is 0 Å². The van der Waals surface area contributed by atoms with E-state index in [-0.39, 0.29) is 11.8 Å². The minimum absolute atomic E-state index is 0.123. The molecule has 5 aromatic rings. The topological polar surface area (TPSA) is 82.5 Å². The Morgan fingerprint density at radius 1 is 0.829 bits per heavy atom. The molecule has 2 aliphatic rings. The number of hydrogen-bond donors (Lipinski definition) is 2. The number of amides is 2. The lowest BCUT2D eigenvalue weighted by Gasteiger charge is -2.38. The van der Waals surface area contributed by atoms with Gasteiger partial charge in [0.05, 0.1) is 22.3 Å². The number of nitrogens with one attached hydrogen (secondary N) is 2. The fourth-order valence-corrected chi connectivity index (χ4v) is 6.47. The Labute approximate surface area is 242 Å². The first-order valence-electron chi connectivity index (χ1n) is 13.9. The van der Waals surface area contributed by atoms with Gasteiger partial charge < -0.3 is 15.5 Å². The molecule has 1 unspecified atom stereocenters. The summed E-state index contributed by atoms with van der Waals surface area (Å²) in [7, 11) is 0. The molecule has 0 saturated carbocycles. The Bertz CT molecular complexity index is 1690. The Hall–Kier alpha value is -4.47. The third-order valence-corrected chi connectivity index (χ3v) is 8.89. The molecule has 0 bridgehead atoms. The number of rotatable bonds is 6. The van der Waals surface area contributed by atoms with Gasteiger partial charge in [0.15, 0.2) is 0 Å². The summed E-state index contributed by atoms with van der Waals surface area (Å²) in [5.41, 5.74) is 5.05. The molecular weight excluding hydrogens is 532 g/mol. The van der Waals surface area contributed by atoms with Gasteiger partial charge in [0.25, 0.3) is 11.8 Å². The second-order valence-corrected chi connectivity index (χ2v) is 11.5. The van der Waals surface area contributed by atoms with Gasteiger partial charge in [-0.25, -0.2) is 4.68 Å². The van der Waals surface area contributed by atoms with Gasteiger partial charge in [-0.05, 0) is 97.6 Å². The number of anilines is 3. The molecule has 2 fully saturated rings. The largest absolute Gasteiger partial charge is 0.369 e. The fourth-order valence-electron chi connectivity index (χ4n) is 5.86. The van der Waals surface area contributed by atoms with Gasteiger partial charge in [0, 0.05) is 53.7 Å². The molecule has 41 heavy (non-hydrogen) atoms. The van der Waals surface area contributed by atoms with Crippen LogP contribution in [0.15, 0.2) is 90.4 Å². The highest BCUT2D eigenvalue weighted by atomic mass is 32.1. The van der Waals surface area contributed by atoms with E-state index in [0.717, 1.165) is 47.6 Å². The van der Waals surface area contributed by atoms with Crippen molar-refractivity contribution in [2.24, 2.45) is 0 Å². The van der Waals surface area contributed by atoms with Crippen molar-refractivity contribution in [3.63, 3.8) is 0 Å². The van der Waals surface area contributed by atoms with Gasteiger partial charge in [0.2, 0.25) is 0 Å². The van der Waals surface area contributed by atoms with Crippen LogP contribution in [0.1, 0.15) is 32.9 Å². The third kappa shape index (κ3) is 5.21. The normalized spacial score (nSPS) is 17.0. The summed E-state index contributed by atoms with van der Waals surface area (Å²) in [6, 6.07) is 25.6. The molecule has 2 aliphatic heterocycles. The molecule has 0 aliphatic carbocycles. The quantitative estimate of drug-likeness (QED) is 0.270. The van der Waals surface area contributed by atoms with Crippen LogP contribution in [0.4, 0.5) is 17.1 Å². The number of carbonyl (C=O) groups is 2. The van der Waals surface area contributed by atoms with Crippen molar-refractivity contribution in [3.05, 3.63) is 101 Å². The van der Waals surface area contributed by atoms with Gasteiger partial charge in [-0.3, -0.25) is 14.5 Å². The van der Waals surface area contributed by atoms with Crippen LogP contribution in [0.5, 0.6) is 0 Å². The van der Waals surface area contributed by atoms with Crippen LogP contribution < -0.4 is 15.5 Å². The zero-order valence-electron chi connectivity index (χ0n) is 22.5. The molecule has 0 spiro atoms. The highest BCUT2D eigenvalue weighted by Crippen LogP contribution is 2.27. The third-order valence-electron chi connectivity index (χ3n) is 8.02. The SMILES string of the molecule is O=C(Nc1ccc(-n2ncc3cc(NC(=O)c4cccs4)ccc32)cc1)c1ccc(N2CCN3CCCC3C2)cc1. The van der Waals surface area contributed by atoms with E-state index in [4.69, 9.17) is 0 Å². The number of hydrogen-bond acceptors (Lipinski definition) is 6. The molecule has 2 N–H and O–H groups in total. The Morgan fingerprint density at radius 2 is 1.61 bits per heavy atom. The lowest BCUT2D eigenvalue weighted by atomic mass is 10.1. The summed E-state index contributed by atoms with van der Waals surface area (Å²) in [6.45, 7) is 4.45. The van der Waals surface area contributed by atoms with E-state index >= 15 is 0 Å². The number of aromatic nitrogens is 2. The molecule has 7 rings (SSSR count). The number of nitrogens with zero attached hydrogens (tertiary/aromatic N) is 4. The zero-order valence-corrected chi connectivity index (χ0v) is 23.3. The minimum Gasteiger partial charge on any atom is -0.369 e. The molecule has 9 heteroatoms. The van der Waals surface area contributed by atoms with Crippen LogP contribution in [-0.2, 0) is 0 Å². The van der Waals surface area contributed by atoms with Crippen LogP contribution >= 0.6 is 11.3 Å². The monoisotopic (exact) mass is 562 g/mol. The molecule has 0 radical (unpaired) electrons. The highest BCUT2D eigenvalue weighted by molar-refractivity contribution is 7.12. The first-order chi connectivity index (χ1) is 20.1. The lowest BCUT2D eigenvalue weighted by molar-refractivity contribution is 0.102. The standard InChI is InChI=1S/C32H30N6O2S/c39-31(22-5-10-26(11-6-22)37-17-16-36-15-1-3-28(36)21-37)34-24-7-12-27(13-8-24)38-29-14-9-25(19-23(29)20-33-38)35-32(40)30-4-2-18-41-30/h2,4-14,18-20,28H,1,3,15-17,21H2,(H,34,39)(H,35,40). The van der Waals surface area contributed by atoms with E-state index in [0.29, 0.717) is 16.5 Å². The smallest absolute Gasteiger partial charge is 0.265 e. The predicted octanol–water partition coefficient (Wildman–Crippen LogP) is 5.88. The number of benzene rings is 3. The molecule has 2 amide bonds. The van der Waals surface area contributed by atoms with Crippen molar-refractivity contribution in [2.75, 3.05) is 41.7 Å². The first-order valence-corrected chi connectivity index (χ1v) is 14.8. The first kappa shape index (κ1) is 25.5. The molecule has 4 heterocycles. The zero-order chi connectivity index (χ0) is 27.8. The van der Waals surface area contributed by atoms with E-state index in [1.807, 2.05) is 70.7 Å². The molecule has 206 valence electrons. The molecular formula is C32H30N6O2S. The van der Waals surface area contributed by atoms with Gasteiger partial charge in [-0.15, -0.1) is 11.3 Å². The van der Waals surface area contributed by atoms with Gasteiger partial charge >= 0.3 is 0 Å². The van der Waals surface area contributed by atoms with E-state index in [9.17, 15) is 9.59 Å². The maximum Gasteiger partial charge on any atom is 0.265 e. The molecule has 1 atom stereocenters. The summed E-state index contributed by atoms with van der Waals surface area (Å²) in [5.74, 6) is -0.255. The van der Waals surface area contributed by atoms with E-state index in [1.165, 1.54) is 36.4 Å². The van der Waals surface area contributed by atoms with Crippen LogP contribution in [0.25, 0.3) is 16.6 Å². The van der Waals surface area contributed by atoms with Crippen LogP contribution in [0, 0.1) is 0 Å². The molecule has 2 saturated heterocycles. The van der Waals surface area contributed by atoms with E-state index in [1.54, 1.807) is 12.3 Å². The number of fused-ring (bicyclic) bond motifs is 2. The number of carbonyl (C=O) groups excluding carboxylic acids is 2. The maximum absolute atomic E-state index is 12.9. The van der Waals surface area contributed by atoms with E-state index in [2.05, 4.69) is 37.7 Å². The van der Waals surface area contributed by atoms with Gasteiger partial charge in [-0.2, -0.15) is 5.10 Å². The number of thiophene rings is 1. The van der Waals surface area contributed by atoms with Crippen LogP contribution in [0.2, 0.25) is 0 Å². The van der Waals surface area contributed by atoms with Gasteiger partial charge in [-0.1, -0.05) is 6.07 Å². The van der Waals surface area contributed by atoms with Gasteiger partial charge in [0.1, 0.15) is 0 Å². The summed E-state index contributed by atoms with van der Waals surface area (Å²) in [6.07, 6.45) is 4.36. The van der Waals surface area contributed by atoms with Crippen LogP contribution in [0.3, 0.4) is 0 Å². The average Bonchev–Trinajstić information content (AvgIpc) is 3.78. The summed E-state index contributed by atoms with van der Waals surface area (Å²) >= 11 is 1.41. The Morgan fingerprint density at radius 3 is 2.41 bits per heavy atom. The molecule has 2 aromatic heterocycles. The second kappa shape index (κ2) is 10.8. The lowest BCUT2D eigenvalue weighted by Crippen LogP contribution is -2.50. The summed E-state index contributed by atoms with van der Waals surface area (Å²) in [5, 5.41) is 13.3. The summed E-state index contributed by atoms with van der Waals surface area (Å²) in [4.78, 5) is 31.0. The van der Waals surface area contributed by atoms with Crippen LogP contribution in [-0.4, -0.2) is 58.7 Å². The molecule has 8 nitrogen and oxygen atoms in total. The minimum atomic E-state index is -0.133. The van der Waals surface area contributed by atoms with Crippen molar-refractivity contribution < 1.29 is 9.59 Å². The maximum atomic E-state index is 12.9. The van der Waals surface area contributed by atoms with Crippen molar-refractivity contribution >= 4 is 51.1 Å².